The summed E-state index contributed by atoms with van der Waals surface area (Å²) in [4.78, 5) is 14.7. The molecule has 0 saturated carbocycles. The number of hydrogen-bond acceptors (Lipinski definition) is 4. The lowest BCUT2D eigenvalue weighted by molar-refractivity contribution is 0.103. The lowest BCUT2D eigenvalue weighted by Crippen LogP contribution is -2.12. The van der Waals surface area contributed by atoms with Gasteiger partial charge in [0.15, 0.2) is 0 Å². The molecule has 0 radical (unpaired) electrons. The standard InChI is InChI=1S/C19H18N2O2S/c1-19(2)9-13-8-15(24-16(13)10-19)18(22)20-14-11-23-21-17(14)12-6-4-3-5-7-12/h3-8,11H,9-10H2,1-2H3,(H,20,22). The number of anilines is 1. The normalized spacial score (nSPS) is 15.2. The van der Waals surface area contributed by atoms with Crippen molar-refractivity contribution >= 4 is 22.9 Å². The van der Waals surface area contributed by atoms with Gasteiger partial charge in [0.2, 0.25) is 0 Å². The van der Waals surface area contributed by atoms with E-state index in [4.69, 9.17) is 4.52 Å². The maximum atomic E-state index is 12.6. The molecule has 1 aliphatic rings. The van der Waals surface area contributed by atoms with E-state index in [9.17, 15) is 4.79 Å². The highest BCUT2D eigenvalue weighted by Crippen LogP contribution is 2.41. The van der Waals surface area contributed by atoms with Crippen LogP contribution in [0.4, 0.5) is 5.69 Å². The lowest BCUT2D eigenvalue weighted by Gasteiger charge is -2.15. The van der Waals surface area contributed by atoms with Crippen LogP contribution in [-0.2, 0) is 12.8 Å². The fraction of sp³-hybridized carbons (Fsp3) is 0.263. The topological polar surface area (TPSA) is 55.1 Å². The molecule has 2 heterocycles. The monoisotopic (exact) mass is 338 g/mol. The van der Waals surface area contributed by atoms with Gasteiger partial charge in [0.05, 0.1) is 4.88 Å². The zero-order chi connectivity index (χ0) is 16.7. The minimum Gasteiger partial charge on any atom is -0.362 e. The molecule has 4 rings (SSSR count). The highest BCUT2D eigenvalue weighted by molar-refractivity contribution is 7.14. The van der Waals surface area contributed by atoms with Crippen LogP contribution < -0.4 is 5.32 Å². The molecule has 4 nitrogen and oxygen atoms in total. The van der Waals surface area contributed by atoms with Gasteiger partial charge in [0, 0.05) is 10.4 Å². The van der Waals surface area contributed by atoms with Crippen LogP contribution in [0.5, 0.6) is 0 Å². The predicted molar refractivity (Wildman–Crippen MR) is 95.4 cm³/mol. The highest BCUT2D eigenvalue weighted by Gasteiger charge is 2.31. The second-order valence-electron chi connectivity index (χ2n) is 6.97. The van der Waals surface area contributed by atoms with E-state index in [0.717, 1.165) is 23.3 Å². The van der Waals surface area contributed by atoms with Crippen LogP contribution in [0, 0.1) is 5.41 Å². The van der Waals surface area contributed by atoms with Gasteiger partial charge in [-0.25, -0.2) is 0 Å². The molecule has 1 aliphatic carbocycles. The Balaban J connectivity index is 1.55. The fourth-order valence-electron chi connectivity index (χ4n) is 3.20. The first-order chi connectivity index (χ1) is 11.5. The number of fused-ring (bicyclic) bond motifs is 1. The van der Waals surface area contributed by atoms with Gasteiger partial charge < -0.3 is 9.84 Å². The van der Waals surface area contributed by atoms with Crippen LogP contribution in [0.2, 0.25) is 0 Å². The summed E-state index contributed by atoms with van der Waals surface area (Å²) in [6.45, 7) is 4.53. The van der Waals surface area contributed by atoms with Gasteiger partial charge in [-0.1, -0.05) is 49.3 Å². The van der Waals surface area contributed by atoms with Crippen molar-refractivity contribution in [1.82, 2.24) is 5.16 Å². The maximum absolute atomic E-state index is 12.6. The van der Waals surface area contributed by atoms with Crippen molar-refractivity contribution in [1.29, 1.82) is 0 Å². The Labute approximate surface area is 144 Å². The smallest absolute Gasteiger partial charge is 0.265 e. The van der Waals surface area contributed by atoms with E-state index in [0.29, 0.717) is 16.8 Å². The molecule has 0 saturated heterocycles. The molecule has 24 heavy (non-hydrogen) atoms. The number of thiophene rings is 1. The molecular weight excluding hydrogens is 320 g/mol. The van der Waals surface area contributed by atoms with Crippen molar-refractivity contribution in [3.05, 3.63) is 58.0 Å². The van der Waals surface area contributed by atoms with Gasteiger partial charge in [0.1, 0.15) is 17.6 Å². The van der Waals surface area contributed by atoms with E-state index in [1.807, 2.05) is 36.4 Å². The van der Waals surface area contributed by atoms with Crippen LogP contribution in [-0.4, -0.2) is 11.1 Å². The summed E-state index contributed by atoms with van der Waals surface area (Å²) in [5, 5.41) is 6.95. The first-order valence-electron chi connectivity index (χ1n) is 7.95. The molecule has 0 fully saturated rings. The van der Waals surface area contributed by atoms with Crippen LogP contribution in [0.3, 0.4) is 0 Å². The molecule has 3 aromatic rings. The Morgan fingerprint density at radius 1 is 1.25 bits per heavy atom. The molecular formula is C19H18N2O2S. The van der Waals surface area contributed by atoms with E-state index >= 15 is 0 Å². The van der Waals surface area contributed by atoms with Crippen molar-refractivity contribution in [2.45, 2.75) is 26.7 Å². The first-order valence-corrected chi connectivity index (χ1v) is 8.76. The molecule has 1 aromatic carbocycles. The zero-order valence-corrected chi connectivity index (χ0v) is 14.4. The quantitative estimate of drug-likeness (QED) is 0.747. The molecule has 0 aliphatic heterocycles. The number of hydrogen-bond donors (Lipinski definition) is 1. The third-order valence-corrected chi connectivity index (χ3v) is 5.47. The maximum Gasteiger partial charge on any atom is 0.265 e. The van der Waals surface area contributed by atoms with Gasteiger partial charge in [0.25, 0.3) is 5.91 Å². The summed E-state index contributed by atoms with van der Waals surface area (Å²) in [6, 6.07) is 11.7. The Bertz CT molecular complexity index is 868. The second kappa shape index (κ2) is 5.60. The number of amides is 1. The van der Waals surface area contributed by atoms with Crippen LogP contribution in [0.15, 0.2) is 47.2 Å². The second-order valence-corrected chi connectivity index (χ2v) is 8.11. The Kier molecular flexibility index (Phi) is 3.53. The Morgan fingerprint density at radius 3 is 2.79 bits per heavy atom. The van der Waals surface area contributed by atoms with Crippen LogP contribution in [0.1, 0.15) is 34.0 Å². The molecule has 5 heteroatoms. The van der Waals surface area contributed by atoms with E-state index in [-0.39, 0.29) is 5.91 Å². The molecule has 1 N–H and O–H groups in total. The summed E-state index contributed by atoms with van der Waals surface area (Å²) < 4.78 is 5.06. The largest absolute Gasteiger partial charge is 0.362 e. The van der Waals surface area contributed by atoms with Gasteiger partial charge in [-0.05, 0) is 29.9 Å². The average Bonchev–Trinajstić information content (AvgIpc) is 3.20. The Morgan fingerprint density at radius 2 is 2.04 bits per heavy atom. The SMILES string of the molecule is CC1(C)Cc2cc(C(=O)Nc3conc3-c3ccccc3)sc2C1. The van der Waals surface area contributed by atoms with Crippen molar-refractivity contribution in [2.75, 3.05) is 5.32 Å². The summed E-state index contributed by atoms with van der Waals surface area (Å²) in [7, 11) is 0. The molecule has 0 atom stereocenters. The molecule has 0 spiro atoms. The van der Waals surface area contributed by atoms with Crippen molar-refractivity contribution < 1.29 is 9.32 Å². The van der Waals surface area contributed by atoms with Gasteiger partial charge in [-0.3, -0.25) is 4.79 Å². The van der Waals surface area contributed by atoms with Crippen LogP contribution >= 0.6 is 11.3 Å². The van der Waals surface area contributed by atoms with E-state index < -0.39 is 0 Å². The van der Waals surface area contributed by atoms with E-state index in [2.05, 4.69) is 24.3 Å². The van der Waals surface area contributed by atoms with Crippen molar-refractivity contribution in [3.8, 4) is 11.3 Å². The number of carbonyl (C=O) groups excluding carboxylic acids is 1. The summed E-state index contributed by atoms with van der Waals surface area (Å²) in [6.07, 6.45) is 3.56. The van der Waals surface area contributed by atoms with E-state index in [1.165, 1.54) is 16.7 Å². The third kappa shape index (κ3) is 2.76. The summed E-state index contributed by atoms with van der Waals surface area (Å²) >= 11 is 1.59. The molecule has 122 valence electrons. The number of carbonyl (C=O) groups is 1. The highest BCUT2D eigenvalue weighted by atomic mass is 32.1. The third-order valence-electron chi connectivity index (χ3n) is 4.29. The molecule has 2 aromatic heterocycles. The summed E-state index contributed by atoms with van der Waals surface area (Å²) in [5.41, 5.74) is 3.78. The van der Waals surface area contributed by atoms with Crippen molar-refractivity contribution in [3.63, 3.8) is 0 Å². The average molecular weight is 338 g/mol. The number of aromatic nitrogens is 1. The predicted octanol–water partition coefficient (Wildman–Crippen LogP) is 4.78. The number of rotatable bonds is 3. The number of benzene rings is 1. The zero-order valence-electron chi connectivity index (χ0n) is 13.6. The summed E-state index contributed by atoms with van der Waals surface area (Å²) in [5.74, 6) is -0.104. The number of nitrogens with zero attached hydrogens (tertiary/aromatic N) is 1. The first kappa shape index (κ1) is 15.1. The molecule has 0 bridgehead atoms. The fourth-order valence-corrected chi connectivity index (χ4v) is 4.54. The van der Waals surface area contributed by atoms with Gasteiger partial charge >= 0.3 is 0 Å². The van der Waals surface area contributed by atoms with Crippen LogP contribution in [0.25, 0.3) is 11.3 Å². The minimum atomic E-state index is -0.104. The minimum absolute atomic E-state index is 0.104. The van der Waals surface area contributed by atoms with Gasteiger partial charge in [-0.15, -0.1) is 11.3 Å². The molecule has 1 amide bonds. The van der Waals surface area contributed by atoms with E-state index in [1.54, 1.807) is 11.3 Å². The molecule has 0 unspecified atom stereocenters. The van der Waals surface area contributed by atoms with Gasteiger partial charge in [-0.2, -0.15) is 0 Å². The lowest BCUT2D eigenvalue weighted by atomic mass is 9.91. The van der Waals surface area contributed by atoms with Crippen molar-refractivity contribution in [2.24, 2.45) is 5.41 Å². The number of nitrogens with one attached hydrogen (secondary N) is 1. The Hall–Kier alpha value is -2.40.